The van der Waals surface area contributed by atoms with Gasteiger partial charge >= 0.3 is 0 Å². The topological polar surface area (TPSA) is 99.9 Å². The highest BCUT2D eigenvalue weighted by Gasteiger charge is 2.28. The molecular weight excluding hydrogens is 384 g/mol. The van der Waals surface area contributed by atoms with E-state index in [9.17, 15) is 14.7 Å². The van der Waals surface area contributed by atoms with Crippen LogP contribution in [0.1, 0.15) is 46.9 Å². The van der Waals surface area contributed by atoms with E-state index < -0.39 is 0 Å². The molecule has 2 aliphatic heterocycles. The first-order valence-electron chi connectivity index (χ1n) is 10.6. The monoisotopic (exact) mass is 410 g/mol. The van der Waals surface area contributed by atoms with Gasteiger partial charge in [-0.05, 0) is 43.9 Å². The van der Waals surface area contributed by atoms with Crippen LogP contribution in [0.2, 0.25) is 0 Å². The molecule has 30 heavy (non-hydrogen) atoms. The third kappa shape index (κ3) is 3.11. The number of hydrogen-bond donors (Lipinski definition) is 2. The van der Waals surface area contributed by atoms with Crippen molar-refractivity contribution in [3.8, 4) is 0 Å². The van der Waals surface area contributed by atoms with Crippen LogP contribution in [-0.4, -0.2) is 63.2 Å². The maximum atomic E-state index is 13.1. The summed E-state index contributed by atoms with van der Waals surface area (Å²) in [4.78, 5) is 35.1. The first kappa shape index (κ1) is 19.3. The van der Waals surface area contributed by atoms with Crippen LogP contribution in [0, 0.1) is 12.8 Å². The number of aromatic nitrogens is 3. The normalized spacial score (nSPS) is 20.5. The van der Waals surface area contributed by atoms with Gasteiger partial charge in [0.2, 0.25) is 0 Å². The van der Waals surface area contributed by atoms with Gasteiger partial charge in [0, 0.05) is 50.3 Å². The van der Waals surface area contributed by atoms with Gasteiger partial charge in [-0.2, -0.15) is 0 Å². The maximum absolute atomic E-state index is 13.1. The summed E-state index contributed by atoms with van der Waals surface area (Å²) in [6.45, 7) is 4.63. The van der Waals surface area contributed by atoms with Crippen LogP contribution in [-0.2, 0) is 4.74 Å². The van der Waals surface area contributed by atoms with E-state index >= 15 is 0 Å². The Morgan fingerprint density at radius 2 is 2.07 bits per heavy atom. The Morgan fingerprint density at radius 3 is 2.80 bits per heavy atom. The fourth-order valence-electron chi connectivity index (χ4n) is 4.75. The van der Waals surface area contributed by atoms with E-state index in [1.165, 1.54) is 0 Å². The zero-order chi connectivity index (χ0) is 20.8. The molecular formula is C22H26N4O4. The standard InChI is InChI=1S/C22H26N4O4/c1-13-8-18-17(9-16(13)22(29)25-5-2-14(11-25)12-27)24-21(28)19-10-23-20(26(18)19)15-3-6-30-7-4-15/h8-10,14-15,27H,2-7,11-12H2,1H3,(H,24,28)/t14-/m1/s1. The summed E-state index contributed by atoms with van der Waals surface area (Å²) < 4.78 is 7.43. The van der Waals surface area contributed by atoms with E-state index in [4.69, 9.17) is 4.74 Å². The number of likely N-dealkylation sites (tertiary alicyclic amines) is 1. The van der Waals surface area contributed by atoms with Gasteiger partial charge in [-0.15, -0.1) is 0 Å². The number of hydrogen-bond acceptors (Lipinski definition) is 5. The first-order chi connectivity index (χ1) is 14.6. The molecule has 1 amide bonds. The summed E-state index contributed by atoms with van der Waals surface area (Å²) in [6, 6.07) is 3.75. The number of imidazole rings is 1. The number of carbonyl (C=O) groups excluding carboxylic acids is 1. The molecule has 1 atom stereocenters. The molecule has 1 aromatic carbocycles. The molecule has 0 saturated carbocycles. The maximum Gasteiger partial charge on any atom is 0.274 e. The van der Waals surface area contributed by atoms with Gasteiger partial charge in [-0.1, -0.05) is 0 Å². The summed E-state index contributed by atoms with van der Waals surface area (Å²) in [5.41, 5.74) is 3.24. The zero-order valence-corrected chi connectivity index (χ0v) is 17.1. The van der Waals surface area contributed by atoms with E-state index in [0.717, 1.165) is 36.2 Å². The van der Waals surface area contributed by atoms with Gasteiger partial charge in [-0.25, -0.2) is 4.98 Å². The van der Waals surface area contributed by atoms with Gasteiger partial charge < -0.3 is 19.7 Å². The smallest absolute Gasteiger partial charge is 0.274 e. The van der Waals surface area contributed by atoms with Gasteiger partial charge in [0.25, 0.3) is 11.5 Å². The molecule has 8 nitrogen and oxygen atoms in total. The number of aromatic amines is 1. The molecule has 2 aromatic heterocycles. The summed E-state index contributed by atoms with van der Waals surface area (Å²) in [5.74, 6) is 1.21. The molecule has 0 radical (unpaired) electrons. The fraction of sp³-hybridized carbons (Fsp3) is 0.500. The van der Waals surface area contributed by atoms with E-state index in [1.54, 1.807) is 17.2 Å². The van der Waals surface area contributed by atoms with Crippen molar-refractivity contribution in [2.75, 3.05) is 32.9 Å². The van der Waals surface area contributed by atoms with Gasteiger partial charge in [-0.3, -0.25) is 14.0 Å². The number of nitrogens with one attached hydrogen (secondary N) is 1. The highest BCUT2D eigenvalue weighted by molar-refractivity contribution is 5.99. The lowest BCUT2D eigenvalue weighted by atomic mass is 9.99. The molecule has 0 bridgehead atoms. The molecule has 4 heterocycles. The van der Waals surface area contributed by atoms with Crippen molar-refractivity contribution in [1.29, 1.82) is 0 Å². The number of aryl methyl sites for hydroxylation is 1. The van der Waals surface area contributed by atoms with Crippen molar-refractivity contribution in [3.05, 3.63) is 45.6 Å². The lowest BCUT2D eigenvalue weighted by molar-refractivity contribution is 0.0781. The second-order valence-electron chi connectivity index (χ2n) is 8.45. The first-order valence-corrected chi connectivity index (χ1v) is 10.6. The molecule has 3 aromatic rings. The van der Waals surface area contributed by atoms with E-state index in [-0.39, 0.29) is 29.9 Å². The molecule has 0 spiro atoms. The minimum Gasteiger partial charge on any atom is -0.396 e. The molecule has 2 N–H and O–H groups in total. The number of amides is 1. The molecule has 8 heteroatoms. The average molecular weight is 410 g/mol. The third-order valence-electron chi connectivity index (χ3n) is 6.50. The molecule has 0 aliphatic carbocycles. The fourth-order valence-corrected chi connectivity index (χ4v) is 4.75. The van der Waals surface area contributed by atoms with E-state index in [1.807, 2.05) is 17.4 Å². The van der Waals surface area contributed by atoms with E-state index in [0.29, 0.717) is 42.9 Å². The average Bonchev–Trinajstić information content (AvgIpc) is 3.42. The SMILES string of the molecule is Cc1cc2c(cc1C(=O)N1CC[C@@H](CO)C1)[nH]c(=O)c1cnc(C3CCOCC3)n12. The van der Waals surface area contributed by atoms with Crippen molar-refractivity contribution in [3.63, 3.8) is 0 Å². The molecule has 158 valence electrons. The second-order valence-corrected chi connectivity index (χ2v) is 8.45. The highest BCUT2D eigenvalue weighted by Crippen LogP contribution is 2.29. The lowest BCUT2D eigenvalue weighted by Gasteiger charge is -2.22. The Kier molecular flexibility index (Phi) is 4.83. The quantitative estimate of drug-likeness (QED) is 0.686. The van der Waals surface area contributed by atoms with Crippen molar-refractivity contribution in [1.82, 2.24) is 19.3 Å². The van der Waals surface area contributed by atoms with Crippen LogP contribution in [0.15, 0.2) is 23.1 Å². The zero-order valence-electron chi connectivity index (χ0n) is 17.1. The Bertz CT molecular complexity index is 1180. The Morgan fingerprint density at radius 1 is 1.27 bits per heavy atom. The number of aliphatic hydroxyl groups is 1. The highest BCUT2D eigenvalue weighted by atomic mass is 16.5. The number of ether oxygens (including phenoxy) is 1. The van der Waals surface area contributed by atoms with Crippen molar-refractivity contribution in [2.45, 2.75) is 32.1 Å². The number of fused-ring (bicyclic) bond motifs is 3. The number of rotatable bonds is 3. The number of H-pyrrole nitrogens is 1. The minimum atomic E-state index is -0.211. The van der Waals surface area contributed by atoms with Gasteiger partial charge in [0.1, 0.15) is 11.3 Å². The van der Waals surface area contributed by atoms with Crippen LogP contribution in [0.25, 0.3) is 16.6 Å². The molecule has 2 aliphatic rings. The second kappa shape index (κ2) is 7.52. The Hall–Kier alpha value is -2.71. The molecule has 0 unspecified atom stereocenters. The summed E-state index contributed by atoms with van der Waals surface area (Å²) in [5, 5.41) is 9.38. The molecule has 5 rings (SSSR count). The molecule has 2 saturated heterocycles. The van der Waals surface area contributed by atoms with E-state index in [2.05, 4.69) is 9.97 Å². The van der Waals surface area contributed by atoms with Gasteiger partial charge in [0.05, 0.1) is 17.2 Å². The summed E-state index contributed by atoms with van der Waals surface area (Å²) in [6.07, 6.45) is 4.21. The number of aliphatic hydroxyl groups excluding tert-OH is 1. The van der Waals surface area contributed by atoms with Gasteiger partial charge in [0.15, 0.2) is 0 Å². The lowest BCUT2D eigenvalue weighted by Crippen LogP contribution is -2.29. The van der Waals surface area contributed by atoms with Crippen LogP contribution in [0.5, 0.6) is 0 Å². The van der Waals surface area contributed by atoms with Crippen LogP contribution in [0.4, 0.5) is 0 Å². The minimum absolute atomic E-state index is 0.0541. The van der Waals surface area contributed by atoms with Crippen molar-refractivity contribution in [2.24, 2.45) is 5.92 Å². The van der Waals surface area contributed by atoms with Crippen LogP contribution < -0.4 is 5.56 Å². The number of carbonyl (C=O) groups is 1. The largest absolute Gasteiger partial charge is 0.396 e. The Labute approximate surface area is 173 Å². The molecule has 2 fully saturated rings. The van der Waals surface area contributed by atoms with Crippen LogP contribution >= 0.6 is 0 Å². The predicted octanol–water partition coefficient (Wildman–Crippen LogP) is 1.83. The van der Waals surface area contributed by atoms with Crippen molar-refractivity contribution < 1.29 is 14.6 Å². The summed E-state index contributed by atoms with van der Waals surface area (Å²) >= 11 is 0. The number of benzene rings is 1. The number of nitrogens with zero attached hydrogens (tertiary/aromatic N) is 3. The third-order valence-corrected chi connectivity index (χ3v) is 6.50. The van der Waals surface area contributed by atoms with Crippen LogP contribution in [0.3, 0.4) is 0 Å². The Balaban J connectivity index is 1.62. The van der Waals surface area contributed by atoms with Crippen molar-refractivity contribution >= 4 is 22.5 Å². The summed E-state index contributed by atoms with van der Waals surface area (Å²) in [7, 11) is 0. The predicted molar refractivity (Wildman–Crippen MR) is 112 cm³/mol.